The number of aromatic nitrogens is 4. The third-order valence-electron chi connectivity index (χ3n) is 6.17. The van der Waals surface area contributed by atoms with Crippen molar-refractivity contribution in [3.63, 3.8) is 0 Å². The van der Waals surface area contributed by atoms with Gasteiger partial charge in [-0.1, -0.05) is 0 Å². The van der Waals surface area contributed by atoms with Gasteiger partial charge in [-0.05, 0) is 93.3 Å². The van der Waals surface area contributed by atoms with E-state index >= 15 is 0 Å². The molecule has 0 amide bonds. The number of carbonyl (C=O) groups excluding carboxylic acids is 1. The maximum Gasteiger partial charge on any atom is 0.341 e. The number of methoxy groups -OCH3 is 1. The molecule has 3 aromatic heterocycles. The third kappa shape index (κ3) is 4.99. The molecular formula is C28H29N5O3. The molecule has 1 aliphatic heterocycles. The quantitative estimate of drug-likeness (QED) is 0.344. The molecule has 8 heteroatoms. The molecule has 36 heavy (non-hydrogen) atoms. The predicted molar refractivity (Wildman–Crippen MR) is 140 cm³/mol. The summed E-state index contributed by atoms with van der Waals surface area (Å²) in [4.78, 5) is 21.1. The predicted octanol–water partition coefficient (Wildman–Crippen LogP) is 5.84. The minimum atomic E-state index is -0.445. The number of hydrogen-bond donors (Lipinski definition) is 1. The Kier molecular flexibility index (Phi) is 6.77. The van der Waals surface area contributed by atoms with Crippen LogP contribution in [-0.2, 0) is 9.47 Å². The Morgan fingerprint density at radius 3 is 2.83 bits per heavy atom. The van der Waals surface area contributed by atoms with Gasteiger partial charge >= 0.3 is 5.97 Å². The van der Waals surface area contributed by atoms with Crippen LogP contribution in [0.15, 0.2) is 48.7 Å². The molecule has 4 heterocycles. The summed E-state index contributed by atoms with van der Waals surface area (Å²) in [5.41, 5.74) is 5.99. The van der Waals surface area contributed by atoms with Crippen molar-refractivity contribution in [1.82, 2.24) is 19.7 Å². The summed E-state index contributed by atoms with van der Waals surface area (Å²) < 4.78 is 12.9. The molecule has 0 spiro atoms. The van der Waals surface area contributed by atoms with Gasteiger partial charge in [-0.3, -0.25) is 4.98 Å². The van der Waals surface area contributed by atoms with Crippen molar-refractivity contribution >= 4 is 40.5 Å². The Labute approximate surface area is 210 Å². The van der Waals surface area contributed by atoms with E-state index in [0.717, 1.165) is 59.5 Å². The lowest BCUT2D eigenvalue weighted by Gasteiger charge is -2.23. The zero-order valence-electron chi connectivity index (χ0n) is 20.7. The topological polar surface area (TPSA) is 91.2 Å². The maximum absolute atomic E-state index is 12.2. The number of pyridine rings is 2. The van der Waals surface area contributed by atoms with Crippen LogP contribution in [0.4, 0.5) is 11.5 Å². The number of benzene rings is 1. The van der Waals surface area contributed by atoms with Crippen LogP contribution >= 0.6 is 0 Å². The molecule has 0 aliphatic carbocycles. The first kappa shape index (κ1) is 23.7. The average molecular weight is 484 g/mol. The van der Waals surface area contributed by atoms with Crippen LogP contribution in [0.25, 0.3) is 23.1 Å². The second-order valence-corrected chi connectivity index (χ2v) is 8.94. The molecular weight excluding hydrogens is 454 g/mol. The SMILES string of the molecule is COC(=O)c1cccnc1Nc1ccc2c(/C=C/c3cc(C)cc(C)n3)nn(C3CCCCO3)c2c1. The first-order valence-electron chi connectivity index (χ1n) is 12.1. The van der Waals surface area contributed by atoms with E-state index in [9.17, 15) is 4.79 Å². The molecule has 1 N–H and O–H groups in total. The van der Waals surface area contributed by atoms with E-state index in [1.165, 1.54) is 12.7 Å². The highest BCUT2D eigenvalue weighted by atomic mass is 16.5. The molecule has 0 radical (unpaired) electrons. The molecule has 1 atom stereocenters. The van der Waals surface area contributed by atoms with Gasteiger partial charge in [0.1, 0.15) is 11.4 Å². The summed E-state index contributed by atoms with van der Waals surface area (Å²) in [6.45, 7) is 4.78. The molecule has 184 valence electrons. The minimum absolute atomic E-state index is 0.126. The Balaban J connectivity index is 1.54. The molecule has 5 rings (SSSR count). The number of anilines is 2. The second-order valence-electron chi connectivity index (χ2n) is 8.94. The third-order valence-corrected chi connectivity index (χ3v) is 6.17. The van der Waals surface area contributed by atoms with Crippen LogP contribution in [0.1, 0.15) is 58.5 Å². The Bertz CT molecular complexity index is 1420. The number of ether oxygens (including phenoxy) is 2. The fraction of sp³-hybridized carbons (Fsp3) is 0.286. The molecule has 0 bridgehead atoms. The molecule has 1 unspecified atom stereocenters. The van der Waals surface area contributed by atoms with E-state index in [-0.39, 0.29) is 6.23 Å². The summed E-state index contributed by atoms with van der Waals surface area (Å²) in [5.74, 6) is -0.00978. The lowest BCUT2D eigenvalue weighted by molar-refractivity contribution is -0.0367. The highest BCUT2D eigenvalue weighted by Gasteiger charge is 2.21. The van der Waals surface area contributed by atoms with Gasteiger partial charge in [0.25, 0.3) is 0 Å². The van der Waals surface area contributed by atoms with Gasteiger partial charge in [-0.15, -0.1) is 0 Å². The van der Waals surface area contributed by atoms with Crippen molar-refractivity contribution in [3.05, 3.63) is 76.9 Å². The number of rotatable bonds is 6. The van der Waals surface area contributed by atoms with Crippen LogP contribution < -0.4 is 5.32 Å². The molecule has 1 fully saturated rings. The highest BCUT2D eigenvalue weighted by molar-refractivity contribution is 5.96. The monoisotopic (exact) mass is 483 g/mol. The summed E-state index contributed by atoms with van der Waals surface area (Å²) in [5, 5.41) is 9.21. The van der Waals surface area contributed by atoms with E-state index in [4.69, 9.17) is 14.6 Å². The lowest BCUT2D eigenvalue weighted by atomic mass is 10.1. The zero-order valence-corrected chi connectivity index (χ0v) is 20.7. The number of aryl methyl sites for hydroxylation is 2. The van der Waals surface area contributed by atoms with Crippen LogP contribution in [0, 0.1) is 13.8 Å². The van der Waals surface area contributed by atoms with Gasteiger partial charge in [0, 0.05) is 29.6 Å². The standard InChI is InChI=1S/C28H29N5O3/c1-18-15-19(2)30-20(16-18)10-12-24-22-11-9-21(31-27-23(28(34)35-3)7-6-13-29-27)17-25(22)33(32-24)26-8-4-5-14-36-26/h6-7,9-13,15-17,26H,4-5,8,14H2,1-3H3,(H,29,31)/b12-10+. The normalized spacial score (nSPS) is 15.9. The van der Waals surface area contributed by atoms with Crippen molar-refractivity contribution in [1.29, 1.82) is 0 Å². The lowest BCUT2D eigenvalue weighted by Crippen LogP contribution is -2.19. The summed E-state index contributed by atoms with van der Waals surface area (Å²) in [6, 6.07) is 13.5. The molecule has 0 saturated carbocycles. The smallest absolute Gasteiger partial charge is 0.341 e. The zero-order chi connectivity index (χ0) is 25.1. The van der Waals surface area contributed by atoms with Crippen molar-refractivity contribution in [2.45, 2.75) is 39.3 Å². The van der Waals surface area contributed by atoms with Crippen molar-refractivity contribution in [2.24, 2.45) is 0 Å². The van der Waals surface area contributed by atoms with Crippen molar-refractivity contribution in [2.75, 3.05) is 19.0 Å². The van der Waals surface area contributed by atoms with Gasteiger partial charge in [0.2, 0.25) is 0 Å². The maximum atomic E-state index is 12.2. The van der Waals surface area contributed by atoms with Gasteiger partial charge in [-0.2, -0.15) is 5.10 Å². The first-order valence-corrected chi connectivity index (χ1v) is 12.1. The van der Waals surface area contributed by atoms with Crippen LogP contribution in [0.5, 0.6) is 0 Å². The van der Waals surface area contributed by atoms with E-state index in [0.29, 0.717) is 11.4 Å². The molecule has 1 aliphatic rings. The highest BCUT2D eigenvalue weighted by Crippen LogP contribution is 2.31. The number of carbonyl (C=O) groups is 1. The molecule has 1 aromatic carbocycles. The van der Waals surface area contributed by atoms with Crippen LogP contribution in [0.3, 0.4) is 0 Å². The van der Waals surface area contributed by atoms with Gasteiger partial charge in [-0.25, -0.2) is 14.5 Å². The summed E-state index contributed by atoms with van der Waals surface area (Å²) in [7, 11) is 1.36. The van der Waals surface area contributed by atoms with Crippen molar-refractivity contribution < 1.29 is 14.3 Å². The number of esters is 1. The Morgan fingerprint density at radius 2 is 2.06 bits per heavy atom. The van der Waals surface area contributed by atoms with Crippen LogP contribution in [0.2, 0.25) is 0 Å². The van der Waals surface area contributed by atoms with Crippen LogP contribution in [-0.4, -0.2) is 39.4 Å². The minimum Gasteiger partial charge on any atom is -0.465 e. The van der Waals surface area contributed by atoms with E-state index in [2.05, 4.69) is 34.3 Å². The van der Waals surface area contributed by atoms with E-state index in [1.807, 2.05) is 42.0 Å². The number of nitrogens with one attached hydrogen (secondary N) is 1. The largest absolute Gasteiger partial charge is 0.465 e. The van der Waals surface area contributed by atoms with Gasteiger partial charge < -0.3 is 14.8 Å². The summed E-state index contributed by atoms with van der Waals surface area (Å²) in [6.07, 6.45) is 8.57. The Hall–Kier alpha value is -4.04. The van der Waals surface area contributed by atoms with Gasteiger partial charge in [0.15, 0.2) is 6.23 Å². The summed E-state index contributed by atoms with van der Waals surface area (Å²) >= 11 is 0. The molecule has 8 nitrogen and oxygen atoms in total. The molecule has 1 saturated heterocycles. The average Bonchev–Trinajstić information content (AvgIpc) is 3.25. The first-order chi connectivity index (χ1) is 17.5. The fourth-order valence-corrected chi connectivity index (χ4v) is 4.54. The second kappa shape index (κ2) is 10.3. The number of hydrogen-bond acceptors (Lipinski definition) is 7. The molecule has 4 aromatic rings. The Morgan fingerprint density at radius 1 is 1.17 bits per heavy atom. The van der Waals surface area contributed by atoms with E-state index in [1.54, 1.807) is 18.3 Å². The van der Waals surface area contributed by atoms with Crippen molar-refractivity contribution in [3.8, 4) is 0 Å². The van der Waals surface area contributed by atoms with Gasteiger partial charge in [0.05, 0.1) is 24.0 Å². The number of fused-ring (bicyclic) bond motifs is 1. The number of nitrogens with zero attached hydrogens (tertiary/aromatic N) is 4. The van der Waals surface area contributed by atoms with E-state index < -0.39 is 5.97 Å². The fourth-order valence-electron chi connectivity index (χ4n) is 4.54.